The van der Waals surface area contributed by atoms with Gasteiger partial charge in [0.1, 0.15) is 0 Å². The van der Waals surface area contributed by atoms with Gasteiger partial charge in [-0.2, -0.15) is 0 Å². The van der Waals surface area contributed by atoms with Gasteiger partial charge in [-0.3, -0.25) is 9.59 Å². The molecule has 3 rings (SSSR count). The maximum Gasteiger partial charge on any atom is 0.171 e. The zero-order valence-corrected chi connectivity index (χ0v) is 11.5. The van der Waals surface area contributed by atoms with Crippen molar-refractivity contribution in [2.24, 2.45) is 5.92 Å². The molecule has 1 atom stereocenters. The number of Topliss-reactive ketones (excluding diaryl/α,β-unsaturated/α-hetero) is 2. The standard InChI is InChI=1S/C17H20O2/c1-11-13-9-5-6-10-14(18)16(13)15(17(11)19)12-7-3-2-4-8-12/h7,9,11H,2-6,8,10H2,1H3. The van der Waals surface area contributed by atoms with Crippen molar-refractivity contribution in [2.75, 3.05) is 0 Å². The van der Waals surface area contributed by atoms with E-state index in [0.29, 0.717) is 6.42 Å². The monoisotopic (exact) mass is 256 g/mol. The molecule has 19 heavy (non-hydrogen) atoms. The topological polar surface area (TPSA) is 34.1 Å². The van der Waals surface area contributed by atoms with Gasteiger partial charge in [0.15, 0.2) is 11.6 Å². The van der Waals surface area contributed by atoms with Gasteiger partial charge in [0.2, 0.25) is 0 Å². The summed E-state index contributed by atoms with van der Waals surface area (Å²) in [5.41, 5.74) is 3.68. The number of hydrogen-bond acceptors (Lipinski definition) is 2. The fraction of sp³-hybridized carbons (Fsp3) is 0.529. The second-order valence-corrected chi connectivity index (χ2v) is 5.79. The molecule has 0 N–H and O–H groups in total. The highest BCUT2D eigenvalue weighted by atomic mass is 16.1. The number of carbonyl (C=O) groups excluding carboxylic acids is 2. The molecule has 0 heterocycles. The van der Waals surface area contributed by atoms with Gasteiger partial charge in [-0.25, -0.2) is 0 Å². The van der Waals surface area contributed by atoms with Gasteiger partial charge >= 0.3 is 0 Å². The molecule has 0 saturated heterocycles. The zero-order chi connectivity index (χ0) is 13.4. The smallest absolute Gasteiger partial charge is 0.171 e. The van der Waals surface area contributed by atoms with Crippen molar-refractivity contribution in [3.8, 4) is 0 Å². The number of carbonyl (C=O) groups is 2. The van der Waals surface area contributed by atoms with Crippen molar-refractivity contribution < 1.29 is 9.59 Å². The fourth-order valence-corrected chi connectivity index (χ4v) is 3.45. The van der Waals surface area contributed by atoms with Crippen LogP contribution in [0.3, 0.4) is 0 Å². The first-order chi connectivity index (χ1) is 9.20. The third kappa shape index (κ3) is 2.03. The van der Waals surface area contributed by atoms with Crippen LogP contribution in [-0.2, 0) is 9.59 Å². The van der Waals surface area contributed by atoms with Gasteiger partial charge in [-0.15, -0.1) is 0 Å². The average Bonchev–Trinajstić information content (AvgIpc) is 2.58. The van der Waals surface area contributed by atoms with Gasteiger partial charge < -0.3 is 0 Å². The summed E-state index contributed by atoms with van der Waals surface area (Å²) in [7, 11) is 0. The Morgan fingerprint density at radius 3 is 2.47 bits per heavy atom. The van der Waals surface area contributed by atoms with E-state index in [4.69, 9.17) is 0 Å². The summed E-state index contributed by atoms with van der Waals surface area (Å²) in [6.07, 6.45) is 11.1. The van der Waals surface area contributed by atoms with Gasteiger partial charge in [-0.1, -0.05) is 19.1 Å². The maximum atomic E-state index is 12.5. The summed E-state index contributed by atoms with van der Waals surface area (Å²) in [5, 5.41) is 0. The van der Waals surface area contributed by atoms with Gasteiger partial charge in [0, 0.05) is 23.5 Å². The van der Waals surface area contributed by atoms with E-state index in [-0.39, 0.29) is 17.5 Å². The van der Waals surface area contributed by atoms with Crippen LogP contribution in [-0.4, -0.2) is 11.6 Å². The third-order valence-corrected chi connectivity index (χ3v) is 4.51. The predicted molar refractivity (Wildman–Crippen MR) is 74.7 cm³/mol. The lowest BCUT2D eigenvalue weighted by molar-refractivity contribution is -0.117. The van der Waals surface area contributed by atoms with Crippen LogP contribution in [0.2, 0.25) is 0 Å². The summed E-state index contributed by atoms with van der Waals surface area (Å²) in [5.74, 6) is 0.238. The van der Waals surface area contributed by atoms with Gasteiger partial charge in [0.05, 0.1) is 0 Å². The summed E-state index contributed by atoms with van der Waals surface area (Å²) < 4.78 is 0. The van der Waals surface area contributed by atoms with Crippen LogP contribution in [0, 0.1) is 5.92 Å². The molecule has 0 aliphatic heterocycles. The van der Waals surface area contributed by atoms with Crippen LogP contribution in [0.1, 0.15) is 51.9 Å². The highest BCUT2D eigenvalue weighted by molar-refractivity contribution is 6.18. The molecule has 2 heteroatoms. The summed E-state index contributed by atoms with van der Waals surface area (Å²) in [4.78, 5) is 24.9. The molecule has 0 aromatic carbocycles. The van der Waals surface area contributed by atoms with E-state index in [2.05, 4.69) is 12.2 Å². The molecular formula is C17H20O2. The van der Waals surface area contributed by atoms with Crippen molar-refractivity contribution in [3.63, 3.8) is 0 Å². The predicted octanol–water partition coefficient (Wildman–Crippen LogP) is 3.68. The zero-order valence-electron chi connectivity index (χ0n) is 11.5. The number of allylic oxidation sites excluding steroid dienone is 6. The molecule has 0 spiro atoms. The van der Waals surface area contributed by atoms with E-state index >= 15 is 0 Å². The number of ketones is 2. The van der Waals surface area contributed by atoms with Crippen LogP contribution in [0.25, 0.3) is 0 Å². The van der Waals surface area contributed by atoms with E-state index in [9.17, 15) is 9.59 Å². The molecule has 100 valence electrons. The quantitative estimate of drug-likeness (QED) is 0.717. The summed E-state index contributed by atoms with van der Waals surface area (Å²) >= 11 is 0. The Kier molecular flexibility index (Phi) is 3.26. The van der Waals surface area contributed by atoms with E-state index < -0.39 is 0 Å². The molecular weight excluding hydrogens is 236 g/mol. The van der Waals surface area contributed by atoms with Crippen LogP contribution in [0.5, 0.6) is 0 Å². The maximum absolute atomic E-state index is 12.5. The summed E-state index contributed by atoms with van der Waals surface area (Å²) in [6.45, 7) is 1.95. The van der Waals surface area contributed by atoms with Crippen molar-refractivity contribution >= 4 is 11.6 Å². The van der Waals surface area contributed by atoms with Gasteiger partial charge in [-0.05, 0) is 49.7 Å². The molecule has 0 saturated carbocycles. The van der Waals surface area contributed by atoms with Crippen molar-refractivity contribution in [1.82, 2.24) is 0 Å². The first kappa shape index (κ1) is 12.6. The minimum Gasteiger partial charge on any atom is -0.294 e. The van der Waals surface area contributed by atoms with E-state index in [1.807, 2.05) is 6.92 Å². The van der Waals surface area contributed by atoms with Crippen molar-refractivity contribution in [3.05, 3.63) is 34.4 Å². The largest absolute Gasteiger partial charge is 0.294 e. The van der Waals surface area contributed by atoms with Gasteiger partial charge in [0.25, 0.3) is 0 Å². The molecule has 0 amide bonds. The Labute approximate surface area is 114 Å². The van der Waals surface area contributed by atoms with Crippen LogP contribution < -0.4 is 0 Å². The van der Waals surface area contributed by atoms with Crippen LogP contribution in [0.15, 0.2) is 34.4 Å². The van der Waals surface area contributed by atoms with Crippen molar-refractivity contribution in [1.29, 1.82) is 0 Å². The fourth-order valence-electron chi connectivity index (χ4n) is 3.45. The highest BCUT2D eigenvalue weighted by Gasteiger charge is 2.39. The van der Waals surface area contributed by atoms with Crippen LogP contribution in [0.4, 0.5) is 0 Å². The summed E-state index contributed by atoms with van der Waals surface area (Å²) in [6, 6.07) is 0. The minimum atomic E-state index is -0.116. The van der Waals surface area contributed by atoms with E-state index in [1.54, 1.807) is 0 Å². The molecule has 0 aromatic heterocycles. The molecule has 1 unspecified atom stereocenters. The van der Waals surface area contributed by atoms with E-state index in [1.165, 1.54) is 6.42 Å². The molecule has 0 fully saturated rings. The SMILES string of the molecule is CC1C(=O)C(C2=CCCCC2)=C2C(=O)CCCC=C21. The molecule has 0 radical (unpaired) electrons. The molecule has 0 bridgehead atoms. The molecule has 3 aliphatic rings. The Morgan fingerprint density at radius 2 is 1.74 bits per heavy atom. The Hall–Kier alpha value is -1.44. The Morgan fingerprint density at radius 1 is 0.947 bits per heavy atom. The molecule has 0 aromatic rings. The average molecular weight is 256 g/mol. The Bertz CT molecular complexity index is 531. The van der Waals surface area contributed by atoms with Crippen molar-refractivity contribution in [2.45, 2.75) is 51.9 Å². The number of fused-ring (bicyclic) bond motifs is 1. The normalized spacial score (nSPS) is 27.9. The first-order valence-electron chi connectivity index (χ1n) is 7.41. The Balaban J connectivity index is 2.14. The highest BCUT2D eigenvalue weighted by Crippen LogP contribution is 2.42. The molecule has 2 nitrogen and oxygen atoms in total. The minimum absolute atomic E-state index is 0.116. The second kappa shape index (κ2) is 4.92. The molecule has 3 aliphatic carbocycles. The lowest BCUT2D eigenvalue weighted by Crippen LogP contribution is -2.10. The third-order valence-electron chi connectivity index (χ3n) is 4.51. The first-order valence-corrected chi connectivity index (χ1v) is 7.41. The van der Waals surface area contributed by atoms with Crippen LogP contribution >= 0.6 is 0 Å². The lowest BCUT2D eigenvalue weighted by atomic mass is 9.89. The number of hydrogen-bond donors (Lipinski definition) is 0. The number of rotatable bonds is 1. The van der Waals surface area contributed by atoms with E-state index in [0.717, 1.165) is 54.4 Å². The second-order valence-electron chi connectivity index (χ2n) is 5.79. The lowest BCUT2D eigenvalue weighted by Gasteiger charge is -2.14.